The Morgan fingerprint density at radius 3 is 2.43 bits per heavy atom. The maximum Gasteiger partial charge on any atom is 0.238 e. The van der Waals surface area contributed by atoms with Crippen molar-refractivity contribution < 1.29 is 22.7 Å². The first-order valence-corrected chi connectivity index (χ1v) is 8.63. The SMILES string of the molecule is C[C@H](NC(=O)[C@H](C)S(C)(=O)=O)c1ccc2c(c1)OCCO2. The molecule has 6 nitrogen and oxygen atoms in total. The van der Waals surface area contributed by atoms with Gasteiger partial charge in [0.2, 0.25) is 5.91 Å². The summed E-state index contributed by atoms with van der Waals surface area (Å²) in [4.78, 5) is 11.9. The number of carbonyl (C=O) groups excluding carboxylic acids is 1. The van der Waals surface area contributed by atoms with Gasteiger partial charge in [-0.05, 0) is 31.5 Å². The van der Waals surface area contributed by atoms with Crippen molar-refractivity contribution in [2.24, 2.45) is 0 Å². The van der Waals surface area contributed by atoms with Crippen LogP contribution in [0.15, 0.2) is 18.2 Å². The molecule has 1 aromatic rings. The van der Waals surface area contributed by atoms with E-state index in [0.717, 1.165) is 11.8 Å². The number of amides is 1. The lowest BCUT2D eigenvalue weighted by Gasteiger charge is -2.21. The zero-order chi connectivity index (χ0) is 15.6. The summed E-state index contributed by atoms with van der Waals surface area (Å²) in [5.41, 5.74) is 0.827. The molecule has 1 aliphatic heterocycles. The molecule has 1 amide bonds. The fourth-order valence-electron chi connectivity index (χ4n) is 1.94. The molecule has 2 rings (SSSR count). The van der Waals surface area contributed by atoms with Gasteiger partial charge in [0.1, 0.15) is 18.5 Å². The molecule has 0 fully saturated rings. The van der Waals surface area contributed by atoms with Crippen molar-refractivity contribution in [2.75, 3.05) is 19.5 Å². The van der Waals surface area contributed by atoms with Gasteiger partial charge in [-0.2, -0.15) is 0 Å². The maximum absolute atomic E-state index is 11.9. The molecule has 0 aromatic heterocycles. The molecule has 0 saturated carbocycles. The van der Waals surface area contributed by atoms with E-state index >= 15 is 0 Å². The van der Waals surface area contributed by atoms with E-state index in [-0.39, 0.29) is 6.04 Å². The standard InChI is InChI=1S/C14H19NO5S/c1-9(15-14(16)10(2)21(3,17)18)11-4-5-12-13(8-11)20-7-6-19-12/h4-5,8-10H,6-7H2,1-3H3,(H,15,16)/t9-,10-/m0/s1. The van der Waals surface area contributed by atoms with E-state index in [2.05, 4.69) is 5.32 Å². The predicted octanol–water partition coefficient (Wildman–Crippen LogP) is 1.07. The van der Waals surface area contributed by atoms with Gasteiger partial charge in [-0.1, -0.05) is 6.07 Å². The van der Waals surface area contributed by atoms with Gasteiger partial charge in [-0.25, -0.2) is 8.42 Å². The summed E-state index contributed by atoms with van der Waals surface area (Å²) in [7, 11) is -3.40. The van der Waals surface area contributed by atoms with E-state index in [1.54, 1.807) is 19.1 Å². The van der Waals surface area contributed by atoms with Crippen molar-refractivity contribution in [3.05, 3.63) is 23.8 Å². The van der Waals surface area contributed by atoms with E-state index in [1.807, 2.05) is 6.07 Å². The van der Waals surface area contributed by atoms with E-state index in [1.165, 1.54) is 6.92 Å². The summed E-state index contributed by atoms with van der Waals surface area (Å²) in [6.45, 7) is 4.17. The highest BCUT2D eigenvalue weighted by molar-refractivity contribution is 7.92. The Hall–Kier alpha value is -1.76. The Kier molecular flexibility index (Phi) is 4.41. The summed E-state index contributed by atoms with van der Waals surface area (Å²) in [6.07, 6.45) is 1.05. The first kappa shape index (κ1) is 15.6. The van der Waals surface area contributed by atoms with Gasteiger partial charge in [0, 0.05) is 6.26 Å². The second-order valence-electron chi connectivity index (χ2n) is 5.11. The van der Waals surface area contributed by atoms with Crippen molar-refractivity contribution in [3.63, 3.8) is 0 Å². The Balaban J connectivity index is 2.10. The summed E-state index contributed by atoms with van der Waals surface area (Å²) in [5, 5.41) is 1.62. The van der Waals surface area contributed by atoms with Gasteiger partial charge in [-0.15, -0.1) is 0 Å². The fourth-order valence-corrected chi connectivity index (χ4v) is 2.39. The van der Waals surface area contributed by atoms with Crippen LogP contribution in [0.5, 0.6) is 11.5 Å². The Morgan fingerprint density at radius 2 is 1.81 bits per heavy atom. The van der Waals surface area contributed by atoms with Gasteiger partial charge in [-0.3, -0.25) is 4.79 Å². The smallest absolute Gasteiger partial charge is 0.238 e. The van der Waals surface area contributed by atoms with E-state index in [9.17, 15) is 13.2 Å². The van der Waals surface area contributed by atoms with E-state index in [4.69, 9.17) is 9.47 Å². The van der Waals surface area contributed by atoms with Gasteiger partial charge >= 0.3 is 0 Å². The molecule has 0 unspecified atom stereocenters. The number of ether oxygens (including phenoxy) is 2. The van der Waals surface area contributed by atoms with Crippen molar-refractivity contribution >= 4 is 15.7 Å². The Bertz CT molecular complexity index is 641. The normalized spacial score (nSPS) is 16.9. The molecule has 0 saturated heterocycles. The Labute approximate surface area is 124 Å². The third-order valence-corrected chi connectivity index (χ3v) is 4.93. The lowest BCUT2D eigenvalue weighted by Crippen LogP contribution is -2.38. The molecule has 1 N–H and O–H groups in total. The first-order valence-electron chi connectivity index (χ1n) is 6.68. The van der Waals surface area contributed by atoms with Crippen molar-refractivity contribution in [1.82, 2.24) is 5.32 Å². The van der Waals surface area contributed by atoms with Crippen molar-refractivity contribution in [3.8, 4) is 11.5 Å². The first-order chi connectivity index (χ1) is 9.79. The highest BCUT2D eigenvalue weighted by Crippen LogP contribution is 2.32. The number of rotatable bonds is 4. The minimum atomic E-state index is -3.40. The number of hydrogen-bond acceptors (Lipinski definition) is 5. The molecule has 21 heavy (non-hydrogen) atoms. The second-order valence-corrected chi connectivity index (χ2v) is 7.47. The number of fused-ring (bicyclic) bond motifs is 1. The van der Waals surface area contributed by atoms with Gasteiger partial charge in [0.05, 0.1) is 6.04 Å². The maximum atomic E-state index is 11.9. The minimum absolute atomic E-state index is 0.322. The quantitative estimate of drug-likeness (QED) is 0.899. The molecule has 0 spiro atoms. The molecule has 116 valence electrons. The highest BCUT2D eigenvalue weighted by Gasteiger charge is 2.25. The fraction of sp³-hybridized carbons (Fsp3) is 0.500. The van der Waals surface area contributed by atoms with Crippen molar-refractivity contribution in [1.29, 1.82) is 0 Å². The molecular weight excluding hydrogens is 294 g/mol. The number of benzene rings is 1. The average Bonchev–Trinajstić information content (AvgIpc) is 2.44. The number of nitrogens with one attached hydrogen (secondary N) is 1. The summed E-state index contributed by atoms with van der Waals surface area (Å²) in [6, 6.07) is 5.08. The number of carbonyl (C=O) groups is 1. The zero-order valence-electron chi connectivity index (χ0n) is 12.3. The highest BCUT2D eigenvalue weighted by atomic mass is 32.2. The summed E-state index contributed by atoms with van der Waals surface area (Å²) >= 11 is 0. The van der Waals surface area contributed by atoms with Crippen LogP contribution in [0.2, 0.25) is 0 Å². The van der Waals surface area contributed by atoms with Crippen LogP contribution in [0, 0.1) is 0 Å². The monoisotopic (exact) mass is 313 g/mol. The van der Waals surface area contributed by atoms with Gasteiger partial charge in [0.15, 0.2) is 21.3 Å². The van der Waals surface area contributed by atoms with Crippen LogP contribution in [-0.4, -0.2) is 39.0 Å². The van der Waals surface area contributed by atoms with E-state index in [0.29, 0.717) is 24.7 Å². The van der Waals surface area contributed by atoms with Crippen LogP contribution >= 0.6 is 0 Å². The number of hydrogen-bond donors (Lipinski definition) is 1. The van der Waals surface area contributed by atoms with Crippen LogP contribution < -0.4 is 14.8 Å². The van der Waals surface area contributed by atoms with Gasteiger partial charge < -0.3 is 14.8 Å². The molecule has 2 atom stereocenters. The molecule has 1 aliphatic rings. The van der Waals surface area contributed by atoms with Crippen LogP contribution in [0.3, 0.4) is 0 Å². The average molecular weight is 313 g/mol. The summed E-state index contributed by atoms with van der Waals surface area (Å²) < 4.78 is 33.7. The molecular formula is C14H19NO5S. The third-order valence-electron chi connectivity index (χ3n) is 3.44. The van der Waals surface area contributed by atoms with Crippen LogP contribution in [0.4, 0.5) is 0 Å². The molecule has 0 bridgehead atoms. The van der Waals surface area contributed by atoms with Crippen LogP contribution in [-0.2, 0) is 14.6 Å². The lowest BCUT2D eigenvalue weighted by atomic mass is 10.1. The largest absolute Gasteiger partial charge is 0.486 e. The zero-order valence-corrected chi connectivity index (χ0v) is 13.1. The van der Waals surface area contributed by atoms with Gasteiger partial charge in [0.25, 0.3) is 0 Å². The molecule has 1 heterocycles. The second kappa shape index (κ2) is 5.93. The molecule has 0 aliphatic carbocycles. The third kappa shape index (κ3) is 3.66. The van der Waals surface area contributed by atoms with Crippen molar-refractivity contribution in [2.45, 2.75) is 25.1 Å². The van der Waals surface area contributed by atoms with E-state index < -0.39 is 21.0 Å². The molecule has 1 aromatic carbocycles. The topological polar surface area (TPSA) is 81.7 Å². The molecule has 7 heteroatoms. The predicted molar refractivity (Wildman–Crippen MR) is 78.3 cm³/mol. The number of sulfone groups is 1. The lowest BCUT2D eigenvalue weighted by molar-refractivity contribution is -0.121. The van der Waals surface area contributed by atoms with Crippen LogP contribution in [0.1, 0.15) is 25.5 Å². The Morgan fingerprint density at radius 1 is 1.19 bits per heavy atom. The van der Waals surface area contributed by atoms with Crippen LogP contribution in [0.25, 0.3) is 0 Å². The molecule has 0 radical (unpaired) electrons. The minimum Gasteiger partial charge on any atom is -0.486 e. The summed E-state index contributed by atoms with van der Waals surface area (Å²) in [5.74, 6) is 0.795.